The highest BCUT2D eigenvalue weighted by molar-refractivity contribution is 5.05. The highest BCUT2D eigenvalue weighted by Crippen LogP contribution is 2.19. The monoisotopic (exact) mass is 195 g/mol. The van der Waals surface area contributed by atoms with E-state index in [9.17, 15) is 0 Å². The van der Waals surface area contributed by atoms with Gasteiger partial charge in [0, 0.05) is 0 Å². The number of hydrogen-bond acceptors (Lipinski definition) is 1. The molecule has 0 saturated heterocycles. The van der Waals surface area contributed by atoms with Crippen LogP contribution in [0.3, 0.4) is 0 Å². The van der Waals surface area contributed by atoms with Crippen LogP contribution >= 0.6 is 0 Å². The summed E-state index contributed by atoms with van der Waals surface area (Å²) < 4.78 is 0. The van der Waals surface area contributed by atoms with Crippen LogP contribution in [0, 0.1) is 5.92 Å². The predicted octanol–water partition coefficient (Wildman–Crippen LogP) is 3.51. The lowest BCUT2D eigenvalue weighted by atomic mass is 9.97. The summed E-state index contributed by atoms with van der Waals surface area (Å²) in [4.78, 5) is 0. The Balaban J connectivity index is 2.00. The molecule has 0 amide bonds. The predicted molar refractivity (Wildman–Crippen MR) is 63.5 cm³/mol. The second-order valence-electron chi connectivity index (χ2n) is 4.58. The molecule has 0 saturated carbocycles. The van der Waals surface area contributed by atoms with E-state index >= 15 is 0 Å². The normalized spacial score (nSPS) is 19.1. The lowest BCUT2D eigenvalue weighted by Gasteiger charge is -2.14. The molecule has 1 nitrogen and oxygen atoms in total. The summed E-state index contributed by atoms with van der Waals surface area (Å²) in [6.07, 6.45) is 10.5. The maximum absolute atomic E-state index is 3.54. The van der Waals surface area contributed by atoms with Crippen molar-refractivity contribution in [1.82, 2.24) is 5.32 Å². The van der Waals surface area contributed by atoms with Gasteiger partial charge < -0.3 is 5.32 Å². The van der Waals surface area contributed by atoms with E-state index in [4.69, 9.17) is 0 Å². The van der Waals surface area contributed by atoms with Crippen LogP contribution in [0.15, 0.2) is 11.6 Å². The smallest absolute Gasteiger partial charge is 0.00115 e. The lowest BCUT2D eigenvalue weighted by Crippen LogP contribution is -2.22. The van der Waals surface area contributed by atoms with Gasteiger partial charge in [-0.05, 0) is 51.1 Å². The Labute approximate surface area is 89.0 Å². The van der Waals surface area contributed by atoms with E-state index in [-0.39, 0.29) is 0 Å². The van der Waals surface area contributed by atoms with Crippen molar-refractivity contribution in [1.29, 1.82) is 0 Å². The zero-order chi connectivity index (χ0) is 10.2. The molecular formula is C13H25N. The van der Waals surface area contributed by atoms with Gasteiger partial charge in [-0.3, -0.25) is 0 Å². The van der Waals surface area contributed by atoms with Crippen molar-refractivity contribution >= 4 is 0 Å². The minimum Gasteiger partial charge on any atom is -0.316 e. The van der Waals surface area contributed by atoms with Gasteiger partial charge in [0.15, 0.2) is 0 Å². The van der Waals surface area contributed by atoms with Crippen LogP contribution in [0.2, 0.25) is 0 Å². The molecule has 1 aliphatic rings. The summed E-state index contributed by atoms with van der Waals surface area (Å²) in [6.45, 7) is 6.93. The summed E-state index contributed by atoms with van der Waals surface area (Å²) in [6, 6.07) is 0. The maximum atomic E-state index is 3.54. The van der Waals surface area contributed by atoms with Crippen LogP contribution < -0.4 is 5.32 Å². The quantitative estimate of drug-likeness (QED) is 0.505. The fraction of sp³-hybridized carbons (Fsp3) is 0.846. The number of rotatable bonds is 6. The Morgan fingerprint density at radius 1 is 1.43 bits per heavy atom. The Morgan fingerprint density at radius 3 is 2.93 bits per heavy atom. The third-order valence-corrected chi connectivity index (χ3v) is 3.20. The lowest BCUT2D eigenvalue weighted by molar-refractivity contribution is 0.499. The fourth-order valence-electron chi connectivity index (χ4n) is 1.87. The SMILES string of the molecule is CCC(C)CNCCC1=CCCCC1. The van der Waals surface area contributed by atoms with Crippen molar-refractivity contribution in [3.05, 3.63) is 11.6 Å². The van der Waals surface area contributed by atoms with Gasteiger partial charge in [-0.1, -0.05) is 31.9 Å². The van der Waals surface area contributed by atoms with E-state index in [0.29, 0.717) is 0 Å². The molecule has 0 aromatic heterocycles. The van der Waals surface area contributed by atoms with Gasteiger partial charge in [0.05, 0.1) is 0 Å². The maximum Gasteiger partial charge on any atom is -0.00115 e. The van der Waals surface area contributed by atoms with Crippen LogP contribution in [-0.4, -0.2) is 13.1 Å². The van der Waals surface area contributed by atoms with E-state index in [1.54, 1.807) is 5.57 Å². The summed E-state index contributed by atoms with van der Waals surface area (Å²) >= 11 is 0. The van der Waals surface area contributed by atoms with Gasteiger partial charge in [-0.2, -0.15) is 0 Å². The van der Waals surface area contributed by atoms with Gasteiger partial charge in [-0.25, -0.2) is 0 Å². The van der Waals surface area contributed by atoms with E-state index in [1.807, 2.05) is 0 Å². The molecule has 0 fully saturated rings. The average molecular weight is 195 g/mol. The van der Waals surface area contributed by atoms with Gasteiger partial charge in [0.25, 0.3) is 0 Å². The van der Waals surface area contributed by atoms with Crippen LogP contribution in [-0.2, 0) is 0 Å². The molecule has 82 valence electrons. The van der Waals surface area contributed by atoms with Crippen LogP contribution in [0.4, 0.5) is 0 Å². The molecule has 1 unspecified atom stereocenters. The van der Waals surface area contributed by atoms with Crippen molar-refractivity contribution in [3.63, 3.8) is 0 Å². The molecule has 0 spiro atoms. The molecule has 0 bridgehead atoms. The molecule has 0 aromatic rings. The molecule has 1 N–H and O–H groups in total. The summed E-state index contributed by atoms with van der Waals surface area (Å²) in [5.41, 5.74) is 1.69. The largest absolute Gasteiger partial charge is 0.316 e. The second kappa shape index (κ2) is 7.05. The van der Waals surface area contributed by atoms with Crippen LogP contribution in [0.5, 0.6) is 0 Å². The highest BCUT2D eigenvalue weighted by Gasteiger charge is 2.03. The average Bonchev–Trinajstić information content (AvgIpc) is 2.25. The van der Waals surface area contributed by atoms with Gasteiger partial charge >= 0.3 is 0 Å². The van der Waals surface area contributed by atoms with E-state index in [2.05, 4.69) is 25.2 Å². The molecule has 0 heterocycles. The van der Waals surface area contributed by atoms with Crippen molar-refractivity contribution in [2.45, 2.75) is 52.4 Å². The summed E-state index contributed by atoms with van der Waals surface area (Å²) in [7, 11) is 0. The number of nitrogens with one attached hydrogen (secondary N) is 1. The minimum atomic E-state index is 0.829. The molecule has 1 heteroatoms. The first-order valence-corrected chi connectivity index (χ1v) is 6.21. The molecular weight excluding hydrogens is 170 g/mol. The third-order valence-electron chi connectivity index (χ3n) is 3.20. The zero-order valence-electron chi connectivity index (χ0n) is 9.81. The highest BCUT2D eigenvalue weighted by atomic mass is 14.8. The van der Waals surface area contributed by atoms with E-state index < -0.39 is 0 Å². The first kappa shape index (κ1) is 11.8. The van der Waals surface area contributed by atoms with E-state index in [0.717, 1.165) is 5.92 Å². The molecule has 0 aromatic carbocycles. The van der Waals surface area contributed by atoms with Gasteiger partial charge in [0.2, 0.25) is 0 Å². The van der Waals surface area contributed by atoms with Crippen LogP contribution in [0.1, 0.15) is 52.4 Å². The summed E-state index contributed by atoms with van der Waals surface area (Å²) in [5, 5.41) is 3.54. The summed E-state index contributed by atoms with van der Waals surface area (Å²) in [5.74, 6) is 0.829. The Bertz CT molecular complexity index is 172. The standard InChI is InChI=1S/C13H25N/c1-3-12(2)11-14-10-9-13-7-5-4-6-8-13/h7,12,14H,3-6,8-11H2,1-2H3. The second-order valence-corrected chi connectivity index (χ2v) is 4.58. The molecule has 0 radical (unpaired) electrons. The minimum absolute atomic E-state index is 0.829. The Kier molecular flexibility index (Phi) is 5.93. The van der Waals surface area contributed by atoms with E-state index in [1.165, 1.54) is 51.6 Å². The molecule has 1 rings (SSSR count). The molecule has 1 atom stereocenters. The fourth-order valence-corrected chi connectivity index (χ4v) is 1.87. The van der Waals surface area contributed by atoms with Crippen molar-refractivity contribution < 1.29 is 0 Å². The molecule has 14 heavy (non-hydrogen) atoms. The Morgan fingerprint density at radius 2 is 2.29 bits per heavy atom. The van der Waals surface area contributed by atoms with Crippen molar-refractivity contribution in [2.24, 2.45) is 5.92 Å². The molecule has 1 aliphatic carbocycles. The van der Waals surface area contributed by atoms with Crippen LogP contribution in [0.25, 0.3) is 0 Å². The van der Waals surface area contributed by atoms with Gasteiger partial charge in [-0.15, -0.1) is 0 Å². The van der Waals surface area contributed by atoms with Crippen molar-refractivity contribution in [2.75, 3.05) is 13.1 Å². The zero-order valence-corrected chi connectivity index (χ0v) is 9.81. The first-order valence-electron chi connectivity index (χ1n) is 6.21. The first-order chi connectivity index (χ1) is 6.83. The van der Waals surface area contributed by atoms with Gasteiger partial charge in [0.1, 0.15) is 0 Å². The topological polar surface area (TPSA) is 12.0 Å². The van der Waals surface area contributed by atoms with Crippen molar-refractivity contribution in [3.8, 4) is 0 Å². The Hall–Kier alpha value is -0.300. The molecule has 0 aliphatic heterocycles. The number of allylic oxidation sites excluding steroid dienone is 1. The number of hydrogen-bond donors (Lipinski definition) is 1. The third kappa shape index (κ3) is 4.80.